The van der Waals surface area contributed by atoms with Gasteiger partial charge in [-0.2, -0.15) is 0 Å². The summed E-state index contributed by atoms with van der Waals surface area (Å²) in [4.78, 5) is 27.8. The van der Waals surface area contributed by atoms with Crippen LogP contribution in [-0.2, 0) is 16.0 Å². The molecule has 1 aliphatic heterocycles. The van der Waals surface area contributed by atoms with Crippen molar-refractivity contribution in [2.24, 2.45) is 5.41 Å². The van der Waals surface area contributed by atoms with Gasteiger partial charge in [0, 0.05) is 25.9 Å². The Labute approximate surface area is 169 Å². The molecule has 3 nitrogen and oxygen atoms in total. The van der Waals surface area contributed by atoms with Crippen LogP contribution >= 0.6 is 0 Å². The topological polar surface area (TPSA) is 37.4 Å². The Balaban J connectivity index is 1.62. The number of carbonyl (C=O) groups is 2. The van der Waals surface area contributed by atoms with Crippen molar-refractivity contribution in [1.82, 2.24) is 4.90 Å². The maximum absolute atomic E-state index is 13.1. The molecule has 1 fully saturated rings. The normalized spacial score (nSPS) is 18.6. The summed E-state index contributed by atoms with van der Waals surface area (Å²) < 4.78 is 0. The Morgan fingerprint density at radius 2 is 1.75 bits per heavy atom. The van der Waals surface area contributed by atoms with Gasteiger partial charge in [0.2, 0.25) is 5.91 Å². The zero-order valence-electron chi connectivity index (χ0n) is 17.4. The second-order valence-corrected chi connectivity index (χ2v) is 8.26. The van der Waals surface area contributed by atoms with Gasteiger partial charge in [-0.15, -0.1) is 0 Å². The molecule has 0 N–H and O–H groups in total. The molecule has 1 aliphatic carbocycles. The molecular weight excluding hydrogens is 346 g/mol. The van der Waals surface area contributed by atoms with E-state index in [4.69, 9.17) is 0 Å². The zero-order chi connectivity index (χ0) is 20.0. The smallest absolute Gasteiger partial charge is 0.222 e. The number of carbonyl (C=O) groups excluding carboxylic acids is 2. The fourth-order valence-corrected chi connectivity index (χ4v) is 4.47. The molecule has 1 heterocycles. The summed E-state index contributed by atoms with van der Waals surface area (Å²) in [5, 5.41) is 0. The molecule has 0 radical (unpaired) electrons. The number of ketones is 1. The van der Waals surface area contributed by atoms with E-state index in [-0.39, 0.29) is 11.3 Å². The minimum absolute atomic E-state index is 0.213. The van der Waals surface area contributed by atoms with E-state index >= 15 is 0 Å². The van der Waals surface area contributed by atoms with Crippen LogP contribution in [0.25, 0.3) is 0 Å². The van der Waals surface area contributed by atoms with Gasteiger partial charge in [0.1, 0.15) is 5.78 Å². The van der Waals surface area contributed by atoms with Crippen LogP contribution in [0, 0.1) is 12.3 Å². The quantitative estimate of drug-likeness (QED) is 0.654. The van der Waals surface area contributed by atoms with Gasteiger partial charge in [0.05, 0.1) is 5.41 Å². The molecule has 1 aromatic rings. The average molecular weight is 380 g/mol. The lowest BCUT2D eigenvalue weighted by molar-refractivity contribution is -0.137. The number of allylic oxidation sites excluding steroid dienone is 4. The van der Waals surface area contributed by atoms with Crippen molar-refractivity contribution >= 4 is 11.7 Å². The highest BCUT2D eigenvalue weighted by Gasteiger charge is 2.43. The van der Waals surface area contributed by atoms with Gasteiger partial charge in [-0.05, 0) is 56.6 Å². The average Bonchev–Trinajstić information content (AvgIpc) is 2.74. The molecule has 0 saturated carbocycles. The Hall–Kier alpha value is -2.16. The van der Waals surface area contributed by atoms with Crippen molar-refractivity contribution in [2.75, 3.05) is 13.1 Å². The number of piperidine rings is 1. The van der Waals surface area contributed by atoms with Gasteiger partial charge in [-0.3, -0.25) is 9.59 Å². The van der Waals surface area contributed by atoms with Gasteiger partial charge >= 0.3 is 0 Å². The minimum atomic E-state index is -0.374. The summed E-state index contributed by atoms with van der Waals surface area (Å²) in [6.45, 7) is 5.52. The number of Topliss-reactive ketones (excluding diaryl/α,β-unsaturated/α-hetero) is 1. The van der Waals surface area contributed by atoms with E-state index in [0.29, 0.717) is 31.7 Å². The first kappa shape index (κ1) is 20.6. The molecule has 1 amide bonds. The summed E-state index contributed by atoms with van der Waals surface area (Å²) in [6, 6.07) is 8.41. The van der Waals surface area contributed by atoms with Crippen molar-refractivity contribution in [3.8, 4) is 0 Å². The molecule has 0 atom stereocenters. The van der Waals surface area contributed by atoms with Crippen LogP contribution in [0.5, 0.6) is 0 Å². The molecular formula is C25H33NO2. The molecule has 0 aromatic heterocycles. The van der Waals surface area contributed by atoms with Crippen molar-refractivity contribution in [3.63, 3.8) is 0 Å². The summed E-state index contributed by atoms with van der Waals surface area (Å²) in [5.41, 5.74) is 3.27. The number of aryl methyl sites for hydroxylation is 2. The maximum Gasteiger partial charge on any atom is 0.222 e. The third-order valence-electron chi connectivity index (χ3n) is 6.28. The zero-order valence-corrected chi connectivity index (χ0v) is 17.4. The molecule has 28 heavy (non-hydrogen) atoms. The number of nitrogens with zero attached hydrogens (tertiary/aromatic N) is 1. The summed E-state index contributed by atoms with van der Waals surface area (Å²) >= 11 is 0. The first-order valence-corrected chi connectivity index (χ1v) is 10.8. The SMILES string of the molecule is CCCC(=O)C1(C2=CCCC=C2)CCN(C(=O)CCc2ccc(C)cc2)CC1. The standard InChI is InChI=1S/C25H33NO2/c1-3-7-23(27)25(22-8-5-4-6-9-22)16-18-26(19-17-25)24(28)15-14-21-12-10-20(2)11-13-21/h5,8-13H,3-4,6-7,14-19H2,1-2H3. The third kappa shape index (κ3) is 4.63. The predicted octanol–water partition coefficient (Wildman–Crippen LogP) is 5.18. The molecule has 3 heteroatoms. The highest BCUT2D eigenvalue weighted by Crippen LogP contribution is 2.43. The van der Waals surface area contributed by atoms with E-state index in [1.807, 2.05) is 4.90 Å². The van der Waals surface area contributed by atoms with Crippen molar-refractivity contribution in [2.45, 2.75) is 65.2 Å². The Kier molecular flexibility index (Phi) is 6.88. The number of hydrogen-bond acceptors (Lipinski definition) is 2. The largest absolute Gasteiger partial charge is 0.343 e. The monoisotopic (exact) mass is 379 g/mol. The van der Waals surface area contributed by atoms with Gasteiger partial charge < -0.3 is 4.90 Å². The van der Waals surface area contributed by atoms with Crippen LogP contribution in [0.1, 0.15) is 63.0 Å². The lowest BCUT2D eigenvalue weighted by atomic mass is 9.67. The Morgan fingerprint density at radius 1 is 1.04 bits per heavy atom. The first-order valence-electron chi connectivity index (χ1n) is 10.8. The van der Waals surface area contributed by atoms with Gasteiger partial charge in [0.15, 0.2) is 0 Å². The highest BCUT2D eigenvalue weighted by molar-refractivity contribution is 5.89. The molecule has 3 rings (SSSR count). The van der Waals surface area contributed by atoms with Crippen LogP contribution in [-0.4, -0.2) is 29.7 Å². The van der Waals surface area contributed by atoms with Crippen LogP contribution < -0.4 is 0 Å². The van der Waals surface area contributed by atoms with E-state index in [2.05, 4.69) is 56.3 Å². The second-order valence-electron chi connectivity index (χ2n) is 8.26. The van der Waals surface area contributed by atoms with E-state index < -0.39 is 0 Å². The Morgan fingerprint density at radius 3 is 2.36 bits per heavy atom. The fourth-order valence-electron chi connectivity index (χ4n) is 4.47. The minimum Gasteiger partial charge on any atom is -0.343 e. The van der Waals surface area contributed by atoms with Crippen molar-refractivity contribution < 1.29 is 9.59 Å². The maximum atomic E-state index is 13.1. The highest BCUT2D eigenvalue weighted by atomic mass is 16.2. The van der Waals surface area contributed by atoms with E-state index in [1.54, 1.807) is 0 Å². The second kappa shape index (κ2) is 9.36. The van der Waals surface area contributed by atoms with Gasteiger partial charge in [0.25, 0.3) is 0 Å². The molecule has 0 bridgehead atoms. The van der Waals surface area contributed by atoms with Crippen molar-refractivity contribution in [3.05, 3.63) is 59.2 Å². The molecule has 1 saturated heterocycles. The van der Waals surface area contributed by atoms with Crippen LogP contribution in [0.4, 0.5) is 0 Å². The van der Waals surface area contributed by atoms with E-state index in [0.717, 1.165) is 38.5 Å². The number of benzene rings is 1. The van der Waals surface area contributed by atoms with Crippen LogP contribution in [0.15, 0.2) is 48.1 Å². The molecule has 1 aromatic carbocycles. The summed E-state index contributed by atoms with van der Waals surface area (Å²) in [6.07, 6.45) is 13.0. The summed E-state index contributed by atoms with van der Waals surface area (Å²) in [7, 11) is 0. The summed E-state index contributed by atoms with van der Waals surface area (Å²) in [5.74, 6) is 0.574. The lowest BCUT2D eigenvalue weighted by Gasteiger charge is -2.42. The third-order valence-corrected chi connectivity index (χ3v) is 6.28. The van der Waals surface area contributed by atoms with Crippen LogP contribution in [0.2, 0.25) is 0 Å². The van der Waals surface area contributed by atoms with Crippen molar-refractivity contribution in [1.29, 1.82) is 0 Å². The van der Waals surface area contributed by atoms with E-state index in [1.165, 1.54) is 16.7 Å². The number of rotatable bonds is 7. The van der Waals surface area contributed by atoms with E-state index in [9.17, 15) is 9.59 Å². The van der Waals surface area contributed by atoms with Gasteiger partial charge in [-0.1, -0.05) is 55.0 Å². The molecule has 0 unspecified atom stereocenters. The lowest BCUT2D eigenvalue weighted by Crippen LogP contribution is -2.47. The molecule has 0 spiro atoms. The fraction of sp³-hybridized carbons (Fsp3) is 0.520. The number of likely N-dealkylation sites (tertiary alicyclic amines) is 1. The number of hydrogen-bond donors (Lipinski definition) is 0. The Bertz CT molecular complexity index is 749. The molecule has 2 aliphatic rings. The van der Waals surface area contributed by atoms with Gasteiger partial charge in [-0.25, -0.2) is 0 Å². The molecule has 150 valence electrons. The first-order chi connectivity index (χ1) is 13.5. The predicted molar refractivity (Wildman–Crippen MR) is 114 cm³/mol. The number of amides is 1. The van der Waals surface area contributed by atoms with Crippen LogP contribution in [0.3, 0.4) is 0 Å².